The van der Waals surface area contributed by atoms with E-state index in [-0.39, 0.29) is 11.5 Å². The van der Waals surface area contributed by atoms with Gasteiger partial charge < -0.3 is 10.2 Å². The second kappa shape index (κ2) is 8.37. The lowest BCUT2D eigenvalue weighted by molar-refractivity contribution is 0.0958. The van der Waals surface area contributed by atoms with E-state index in [1.54, 1.807) is 0 Å². The van der Waals surface area contributed by atoms with E-state index in [1.165, 1.54) is 11.3 Å². The fourth-order valence-electron chi connectivity index (χ4n) is 3.86. The molecule has 0 atom stereocenters. The Morgan fingerprint density at radius 2 is 2.03 bits per heavy atom. The summed E-state index contributed by atoms with van der Waals surface area (Å²) in [4.78, 5) is 33.9. The van der Waals surface area contributed by atoms with Crippen molar-refractivity contribution in [3.05, 3.63) is 57.0 Å². The van der Waals surface area contributed by atoms with Gasteiger partial charge in [0.2, 0.25) is 0 Å². The summed E-state index contributed by atoms with van der Waals surface area (Å²) >= 11 is 1.33. The Hall–Kier alpha value is -2.67. The summed E-state index contributed by atoms with van der Waals surface area (Å²) in [5.74, 6) is 0.726. The number of likely N-dealkylation sites (N-methyl/N-ethyl adjacent to an activating group) is 1. The van der Waals surface area contributed by atoms with Gasteiger partial charge in [-0.1, -0.05) is 24.6 Å². The van der Waals surface area contributed by atoms with E-state index in [0.29, 0.717) is 28.2 Å². The van der Waals surface area contributed by atoms with Gasteiger partial charge in [-0.15, -0.1) is 11.3 Å². The van der Waals surface area contributed by atoms with Crippen LogP contribution in [0.25, 0.3) is 10.2 Å². The predicted octanol–water partition coefficient (Wildman–Crippen LogP) is 3.36. The fourth-order valence-corrected chi connectivity index (χ4v) is 4.96. The van der Waals surface area contributed by atoms with Gasteiger partial charge in [-0.25, -0.2) is 4.98 Å². The van der Waals surface area contributed by atoms with Crippen LogP contribution in [0.3, 0.4) is 0 Å². The van der Waals surface area contributed by atoms with Crippen LogP contribution < -0.4 is 15.8 Å². The first-order valence-electron chi connectivity index (χ1n) is 10.1. The monoisotopic (exact) mass is 410 g/mol. The average molecular weight is 411 g/mol. The summed E-state index contributed by atoms with van der Waals surface area (Å²) < 4.78 is 1.81. The third-order valence-electron chi connectivity index (χ3n) is 5.55. The van der Waals surface area contributed by atoms with Crippen LogP contribution >= 0.6 is 11.3 Å². The Morgan fingerprint density at radius 3 is 2.83 bits per heavy atom. The third-order valence-corrected chi connectivity index (χ3v) is 6.73. The molecule has 0 radical (unpaired) electrons. The van der Waals surface area contributed by atoms with Gasteiger partial charge in [-0.3, -0.25) is 14.2 Å². The molecule has 1 aromatic carbocycles. The van der Waals surface area contributed by atoms with Crippen molar-refractivity contribution >= 4 is 33.1 Å². The zero-order valence-electron chi connectivity index (χ0n) is 16.9. The molecule has 6 nitrogen and oxygen atoms in total. The van der Waals surface area contributed by atoms with Gasteiger partial charge in [0.15, 0.2) is 0 Å². The molecule has 2 aromatic heterocycles. The molecular formula is C22H26N4O2S. The Balaban J connectivity index is 1.51. The molecule has 1 aliphatic rings. The standard InChI is InChI=1S/C22H26N4O2S/c1-15-18-21(24-17-11-7-4-8-13-26(17)22(18)28)29-19(15)20(27)23-12-14-25(2)16-9-5-3-6-10-16/h3,5-6,9-10H,4,7-8,11-14H2,1-2H3,(H,23,27). The van der Waals surface area contributed by atoms with Crippen molar-refractivity contribution < 1.29 is 4.79 Å². The fraction of sp³-hybridized carbons (Fsp3) is 0.409. The van der Waals surface area contributed by atoms with Crippen molar-refractivity contribution in [2.75, 3.05) is 25.0 Å². The molecule has 152 valence electrons. The van der Waals surface area contributed by atoms with Crippen LogP contribution in [0.1, 0.15) is 40.3 Å². The second-order valence-electron chi connectivity index (χ2n) is 7.54. The minimum Gasteiger partial charge on any atom is -0.373 e. The zero-order chi connectivity index (χ0) is 20.4. The van der Waals surface area contributed by atoms with Gasteiger partial charge in [0.25, 0.3) is 11.5 Å². The van der Waals surface area contributed by atoms with Crippen molar-refractivity contribution in [1.82, 2.24) is 14.9 Å². The average Bonchev–Trinajstić information content (AvgIpc) is 2.89. The number of hydrogen-bond acceptors (Lipinski definition) is 5. The normalized spacial score (nSPS) is 13.7. The van der Waals surface area contributed by atoms with E-state index in [4.69, 9.17) is 4.98 Å². The van der Waals surface area contributed by atoms with Crippen molar-refractivity contribution in [1.29, 1.82) is 0 Å². The van der Waals surface area contributed by atoms with Crippen LogP contribution in [0.5, 0.6) is 0 Å². The molecule has 1 amide bonds. The molecule has 4 rings (SSSR count). The summed E-state index contributed by atoms with van der Waals surface area (Å²) in [5.41, 5.74) is 1.86. The zero-order valence-corrected chi connectivity index (χ0v) is 17.7. The van der Waals surface area contributed by atoms with Crippen molar-refractivity contribution in [3.8, 4) is 0 Å². The number of hydrogen-bond donors (Lipinski definition) is 1. The smallest absolute Gasteiger partial charge is 0.262 e. The SMILES string of the molecule is Cc1c(C(=O)NCCN(C)c2ccccc2)sc2nc3n(c(=O)c12)CCCCC3. The maximum absolute atomic E-state index is 13.0. The van der Waals surface area contributed by atoms with E-state index in [9.17, 15) is 9.59 Å². The highest BCUT2D eigenvalue weighted by molar-refractivity contribution is 7.20. The van der Waals surface area contributed by atoms with Crippen LogP contribution in [0.4, 0.5) is 5.69 Å². The summed E-state index contributed by atoms with van der Waals surface area (Å²) in [6.07, 6.45) is 4.02. The molecule has 1 N–H and O–H groups in total. The minimum atomic E-state index is -0.133. The van der Waals surface area contributed by atoms with E-state index in [0.717, 1.165) is 49.3 Å². The first-order valence-corrected chi connectivity index (χ1v) is 10.9. The molecule has 0 spiro atoms. The lowest BCUT2D eigenvalue weighted by Crippen LogP contribution is -2.32. The van der Waals surface area contributed by atoms with E-state index >= 15 is 0 Å². The highest BCUT2D eigenvalue weighted by Gasteiger charge is 2.22. The molecule has 0 unspecified atom stereocenters. The Labute approximate surface area is 174 Å². The molecule has 0 aliphatic carbocycles. The number of nitrogens with zero attached hydrogens (tertiary/aromatic N) is 3. The van der Waals surface area contributed by atoms with Crippen molar-refractivity contribution in [2.24, 2.45) is 0 Å². The number of carbonyl (C=O) groups is 1. The summed E-state index contributed by atoms with van der Waals surface area (Å²) in [7, 11) is 2.00. The molecule has 3 heterocycles. The number of nitrogens with one attached hydrogen (secondary N) is 1. The lowest BCUT2D eigenvalue weighted by Gasteiger charge is -2.19. The largest absolute Gasteiger partial charge is 0.373 e. The van der Waals surface area contributed by atoms with Gasteiger partial charge in [0.1, 0.15) is 10.7 Å². The molecular weight excluding hydrogens is 384 g/mol. The molecule has 0 bridgehead atoms. The minimum absolute atomic E-state index is 0.00325. The van der Waals surface area contributed by atoms with Gasteiger partial charge in [0, 0.05) is 38.8 Å². The number of carbonyl (C=O) groups excluding carboxylic acids is 1. The molecule has 0 saturated carbocycles. The number of benzene rings is 1. The predicted molar refractivity (Wildman–Crippen MR) is 118 cm³/mol. The number of anilines is 1. The van der Waals surface area contributed by atoms with Gasteiger partial charge in [0.05, 0.1) is 10.3 Å². The molecule has 0 saturated heterocycles. The van der Waals surface area contributed by atoms with Gasteiger partial charge in [-0.05, 0) is 37.5 Å². The van der Waals surface area contributed by atoms with E-state index in [1.807, 2.05) is 48.9 Å². The van der Waals surface area contributed by atoms with Crippen LogP contribution in [0, 0.1) is 6.92 Å². The second-order valence-corrected chi connectivity index (χ2v) is 8.54. The lowest BCUT2D eigenvalue weighted by atomic mass is 10.2. The summed E-state index contributed by atoms with van der Waals surface area (Å²) in [5, 5.41) is 3.60. The van der Waals surface area contributed by atoms with Gasteiger partial charge >= 0.3 is 0 Å². The number of aryl methyl sites for hydroxylation is 2. The number of aromatic nitrogens is 2. The highest BCUT2D eigenvalue weighted by atomic mass is 32.1. The molecule has 3 aromatic rings. The summed E-state index contributed by atoms with van der Waals surface area (Å²) in [6.45, 7) is 3.81. The maximum atomic E-state index is 13.0. The van der Waals surface area contributed by atoms with E-state index in [2.05, 4.69) is 10.2 Å². The highest BCUT2D eigenvalue weighted by Crippen LogP contribution is 2.28. The maximum Gasteiger partial charge on any atom is 0.262 e. The van der Waals surface area contributed by atoms with Crippen molar-refractivity contribution in [2.45, 2.75) is 39.2 Å². The summed E-state index contributed by atoms with van der Waals surface area (Å²) in [6, 6.07) is 10.1. The first kappa shape index (κ1) is 19.6. The topological polar surface area (TPSA) is 67.2 Å². The Morgan fingerprint density at radius 1 is 1.24 bits per heavy atom. The number of amides is 1. The molecule has 0 fully saturated rings. The molecule has 29 heavy (non-hydrogen) atoms. The quantitative estimate of drug-likeness (QED) is 0.700. The van der Waals surface area contributed by atoms with Crippen LogP contribution in [0.2, 0.25) is 0 Å². The van der Waals surface area contributed by atoms with Crippen LogP contribution in [0.15, 0.2) is 35.1 Å². The molecule has 1 aliphatic heterocycles. The number of fused-ring (bicyclic) bond motifs is 2. The van der Waals surface area contributed by atoms with Crippen LogP contribution in [-0.4, -0.2) is 35.6 Å². The van der Waals surface area contributed by atoms with Gasteiger partial charge in [-0.2, -0.15) is 0 Å². The third kappa shape index (κ3) is 3.92. The molecule has 7 heteroatoms. The number of rotatable bonds is 5. The number of thiophene rings is 1. The Kier molecular flexibility index (Phi) is 5.67. The van der Waals surface area contributed by atoms with Crippen LogP contribution in [-0.2, 0) is 13.0 Å². The Bertz CT molecular complexity index is 1090. The van der Waals surface area contributed by atoms with E-state index < -0.39 is 0 Å². The van der Waals surface area contributed by atoms with Crippen molar-refractivity contribution in [3.63, 3.8) is 0 Å². The first-order chi connectivity index (χ1) is 14.1. The number of para-hydroxylation sites is 1.